The number of carbonyl (C=O) groups is 2. The van der Waals surface area contributed by atoms with E-state index >= 15 is 0 Å². The highest BCUT2D eigenvalue weighted by molar-refractivity contribution is 9.10. The molecular formula is C18H23BrFN3O2. The monoisotopic (exact) mass is 411 g/mol. The van der Waals surface area contributed by atoms with Crippen molar-refractivity contribution in [1.82, 2.24) is 14.7 Å². The number of likely N-dealkylation sites (tertiary alicyclic amines) is 1. The standard InChI is InChI=1S/C18H23BrFN3O2/c19-15-10-14(11-16(20)12-15)18(25)23-8-6-21(7-9-23)13-17(24)22-4-2-1-3-5-22/h10-12H,1-9,13H2. The van der Waals surface area contributed by atoms with E-state index in [1.54, 1.807) is 11.0 Å². The highest BCUT2D eigenvalue weighted by Crippen LogP contribution is 2.17. The molecule has 3 rings (SSSR count). The minimum Gasteiger partial charge on any atom is -0.342 e. The molecule has 0 aromatic heterocycles. The largest absolute Gasteiger partial charge is 0.342 e. The first-order chi connectivity index (χ1) is 12.0. The van der Waals surface area contributed by atoms with Gasteiger partial charge in [-0.2, -0.15) is 0 Å². The number of benzene rings is 1. The second-order valence-corrected chi connectivity index (χ2v) is 7.58. The summed E-state index contributed by atoms with van der Waals surface area (Å²) in [5.74, 6) is -0.403. The Morgan fingerprint density at radius 2 is 1.60 bits per heavy atom. The number of carbonyl (C=O) groups excluding carboxylic acids is 2. The van der Waals surface area contributed by atoms with E-state index in [2.05, 4.69) is 20.8 Å². The van der Waals surface area contributed by atoms with Gasteiger partial charge in [0.1, 0.15) is 5.82 Å². The van der Waals surface area contributed by atoms with E-state index in [4.69, 9.17) is 0 Å². The van der Waals surface area contributed by atoms with Crippen molar-refractivity contribution in [2.45, 2.75) is 19.3 Å². The number of rotatable bonds is 3. The van der Waals surface area contributed by atoms with Crippen molar-refractivity contribution in [1.29, 1.82) is 0 Å². The zero-order valence-corrected chi connectivity index (χ0v) is 15.8. The fourth-order valence-electron chi connectivity index (χ4n) is 3.40. The van der Waals surface area contributed by atoms with Crippen LogP contribution in [0.3, 0.4) is 0 Å². The van der Waals surface area contributed by atoms with Crippen molar-refractivity contribution in [2.24, 2.45) is 0 Å². The highest BCUT2D eigenvalue weighted by atomic mass is 79.9. The summed E-state index contributed by atoms with van der Waals surface area (Å²) >= 11 is 3.22. The van der Waals surface area contributed by atoms with Crippen LogP contribution in [0.25, 0.3) is 0 Å². The van der Waals surface area contributed by atoms with Gasteiger partial charge in [-0.05, 0) is 37.5 Å². The van der Waals surface area contributed by atoms with Crippen molar-refractivity contribution < 1.29 is 14.0 Å². The van der Waals surface area contributed by atoms with Crippen LogP contribution in [0, 0.1) is 5.82 Å². The third kappa shape index (κ3) is 4.79. The zero-order chi connectivity index (χ0) is 17.8. The molecule has 0 aliphatic carbocycles. The molecule has 7 heteroatoms. The normalized spacial score (nSPS) is 19.1. The van der Waals surface area contributed by atoms with E-state index in [-0.39, 0.29) is 11.8 Å². The summed E-state index contributed by atoms with van der Waals surface area (Å²) in [7, 11) is 0. The zero-order valence-electron chi connectivity index (χ0n) is 14.2. The van der Waals surface area contributed by atoms with Gasteiger partial charge in [0, 0.05) is 49.3 Å². The predicted molar refractivity (Wildman–Crippen MR) is 96.9 cm³/mol. The van der Waals surface area contributed by atoms with Crippen LogP contribution in [0.4, 0.5) is 4.39 Å². The van der Waals surface area contributed by atoms with Crippen LogP contribution >= 0.6 is 15.9 Å². The van der Waals surface area contributed by atoms with E-state index in [1.807, 2.05) is 4.90 Å². The first kappa shape index (κ1) is 18.3. The molecule has 0 N–H and O–H groups in total. The highest BCUT2D eigenvalue weighted by Gasteiger charge is 2.25. The van der Waals surface area contributed by atoms with Crippen LogP contribution < -0.4 is 0 Å². The number of hydrogen-bond acceptors (Lipinski definition) is 3. The third-order valence-electron chi connectivity index (χ3n) is 4.84. The fourth-order valence-corrected chi connectivity index (χ4v) is 3.87. The number of amides is 2. The number of hydrogen-bond donors (Lipinski definition) is 0. The molecule has 2 saturated heterocycles. The molecule has 2 aliphatic heterocycles. The molecule has 5 nitrogen and oxygen atoms in total. The quantitative estimate of drug-likeness (QED) is 0.766. The summed E-state index contributed by atoms with van der Waals surface area (Å²) in [5.41, 5.74) is 0.352. The minimum atomic E-state index is -0.427. The van der Waals surface area contributed by atoms with Gasteiger partial charge in [0.25, 0.3) is 5.91 Å². The molecule has 0 saturated carbocycles. The molecular weight excluding hydrogens is 389 g/mol. The second kappa shape index (κ2) is 8.27. The Labute approximate surface area is 155 Å². The molecule has 1 aromatic carbocycles. The van der Waals surface area contributed by atoms with Crippen LogP contribution in [0.15, 0.2) is 22.7 Å². The number of piperidine rings is 1. The maximum absolute atomic E-state index is 13.5. The van der Waals surface area contributed by atoms with E-state index in [0.717, 1.165) is 25.9 Å². The van der Waals surface area contributed by atoms with Gasteiger partial charge in [-0.1, -0.05) is 15.9 Å². The average Bonchev–Trinajstić information content (AvgIpc) is 2.61. The Morgan fingerprint density at radius 3 is 2.24 bits per heavy atom. The molecule has 0 radical (unpaired) electrons. The maximum atomic E-state index is 13.5. The molecule has 0 unspecified atom stereocenters. The smallest absolute Gasteiger partial charge is 0.254 e. The van der Waals surface area contributed by atoms with Crippen molar-refractivity contribution in [3.63, 3.8) is 0 Å². The molecule has 25 heavy (non-hydrogen) atoms. The Bertz CT molecular complexity index is 621. The SMILES string of the molecule is O=C(CN1CCN(C(=O)c2cc(F)cc(Br)c2)CC1)N1CCCCC1. The van der Waals surface area contributed by atoms with Crippen molar-refractivity contribution >= 4 is 27.7 Å². The summed E-state index contributed by atoms with van der Waals surface area (Å²) in [6, 6.07) is 4.23. The summed E-state index contributed by atoms with van der Waals surface area (Å²) in [4.78, 5) is 30.6. The third-order valence-corrected chi connectivity index (χ3v) is 5.29. The lowest BCUT2D eigenvalue weighted by atomic mass is 10.1. The van der Waals surface area contributed by atoms with Gasteiger partial charge in [-0.3, -0.25) is 14.5 Å². The first-order valence-corrected chi connectivity index (χ1v) is 9.58. The van der Waals surface area contributed by atoms with Gasteiger partial charge in [-0.25, -0.2) is 4.39 Å². The van der Waals surface area contributed by atoms with Crippen molar-refractivity contribution in [3.8, 4) is 0 Å². The van der Waals surface area contributed by atoms with Crippen molar-refractivity contribution in [3.05, 3.63) is 34.1 Å². The molecule has 136 valence electrons. The number of halogens is 2. The van der Waals surface area contributed by atoms with Gasteiger partial charge in [0.05, 0.1) is 6.54 Å². The molecule has 2 amide bonds. The second-order valence-electron chi connectivity index (χ2n) is 6.67. The summed E-state index contributed by atoms with van der Waals surface area (Å²) in [6.45, 7) is 4.61. The van der Waals surface area contributed by atoms with Crippen LogP contribution in [0.5, 0.6) is 0 Å². The van der Waals surface area contributed by atoms with E-state index < -0.39 is 5.82 Å². The Balaban J connectivity index is 1.51. The van der Waals surface area contributed by atoms with Crippen LogP contribution in [0.1, 0.15) is 29.6 Å². The van der Waals surface area contributed by atoms with Crippen LogP contribution in [0.2, 0.25) is 0 Å². The summed E-state index contributed by atoms with van der Waals surface area (Å²) in [5, 5.41) is 0. The van der Waals surface area contributed by atoms with E-state index in [1.165, 1.54) is 18.6 Å². The fraction of sp³-hybridized carbons (Fsp3) is 0.556. The average molecular weight is 412 g/mol. The topological polar surface area (TPSA) is 43.9 Å². The lowest BCUT2D eigenvalue weighted by Crippen LogP contribution is -2.52. The molecule has 1 aromatic rings. The molecule has 2 fully saturated rings. The van der Waals surface area contributed by atoms with E-state index in [9.17, 15) is 14.0 Å². The molecule has 0 atom stereocenters. The van der Waals surface area contributed by atoms with Gasteiger partial charge >= 0.3 is 0 Å². The number of nitrogens with zero attached hydrogens (tertiary/aromatic N) is 3. The van der Waals surface area contributed by atoms with Gasteiger partial charge < -0.3 is 9.80 Å². The first-order valence-electron chi connectivity index (χ1n) is 8.78. The predicted octanol–water partition coefficient (Wildman–Crippen LogP) is 2.36. The summed E-state index contributed by atoms with van der Waals surface area (Å²) in [6.07, 6.45) is 3.40. The Morgan fingerprint density at radius 1 is 0.920 bits per heavy atom. The number of piperazine rings is 1. The lowest BCUT2D eigenvalue weighted by molar-refractivity contribution is -0.133. The van der Waals surface area contributed by atoms with Gasteiger partial charge in [-0.15, -0.1) is 0 Å². The maximum Gasteiger partial charge on any atom is 0.254 e. The van der Waals surface area contributed by atoms with Gasteiger partial charge in [0.2, 0.25) is 5.91 Å². The molecule has 2 heterocycles. The van der Waals surface area contributed by atoms with Crippen molar-refractivity contribution in [2.75, 3.05) is 45.8 Å². The van der Waals surface area contributed by atoms with Crippen LogP contribution in [-0.2, 0) is 4.79 Å². The van der Waals surface area contributed by atoms with Gasteiger partial charge in [0.15, 0.2) is 0 Å². The molecule has 2 aliphatic rings. The summed E-state index contributed by atoms with van der Waals surface area (Å²) < 4.78 is 14.0. The Hall–Kier alpha value is -1.47. The van der Waals surface area contributed by atoms with Crippen LogP contribution in [-0.4, -0.2) is 72.3 Å². The van der Waals surface area contributed by atoms with E-state index in [0.29, 0.717) is 42.8 Å². The minimum absolute atomic E-state index is 0.165. The molecule has 0 spiro atoms. The molecule has 0 bridgehead atoms. The lowest BCUT2D eigenvalue weighted by Gasteiger charge is -2.36. The Kier molecular flexibility index (Phi) is 6.06.